The molecule has 32 heavy (non-hydrogen) atoms. The van der Waals surface area contributed by atoms with E-state index in [1.165, 1.54) is 16.4 Å². The van der Waals surface area contributed by atoms with Gasteiger partial charge in [-0.2, -0.15) is 0 Å². The van der Waals surface area contributed by atoms with Crippen LogP contribution in [0.15, 0.2) is 53.4 Å². The van der Waals surface area contributed by atoms with E-state index >= 15 is 0 Å². The number of piperidine rings is 1. The van der Waals surface area contributed by atoms with Gasteiger partial charge in [0.2, 0.25) is 0 Å². The fourth-order valence-electron chi connectivity index (χ4n) is 4.32. The Morgan fingerprint density at radius 3 is 2.44 bits per heavy atom. The standard InChI is InChI=1S/C23H28ClN3O4S/c1-25-13-11-19(12-14-25)26(2)23(28)31-20-15-17-5-3-4-6-22(17)27(16-20)32(29,30)21-9-7-18(24)8-10-21/h3-10,19-20H,11-16H2,1-2H3. The third-order valence-corrected chi connectivity index (χ3v) is 8.32. The van der Waals surface area contributed by atoms with Gasteiger partial charge in [0.25, 0.3) is 10.0 Å². The number of sulfonamides is 1. The molecule has 1 fully saturated rings. The lowest BCUT2D eigenvalue weighted by molar-refractivity contribution is 0.0510. The van der Waals surface area contributed by atoms with Crippen LogP contribution < -0.4 is 4.31 Å². The molecule has 1 saturated heterocycles. The lowest BCUT2D eigenvalue weighted by atomic mass is 10.0. The van der Waals surface area contributed by atoms with E-state index in [1.807, 2.05) is 18.2 Å². The van der Waals surface area contributed by atoms with E-state index in [0.29, 0.717) is 17.1 Å². The zero-order valence-corrected chi connectivity index (χ0v) is 19.8. The number of halogens is 1. The molecule has 2 heterocycles. The van der Waals surface area contributed by atoms with Crippen molar-refractivity contribution in [1.82, 2.24) is 9.80 Å². The Morgan fingerprint density at radius 1 is 1.09 bits per heavy atom. The second-order valence-electron chi connectivity index (χ2n) is 8.47. The number of para-hydroxylation sites is 1. The van der Waals surface area contributed by atoms with E-state index < -0.39 is 22.2 Å². The summed E-state index contributed by atoms with van der Waals surface area (Å²) in [5, 5.41) is 0.465. The van der Waals surface area contributed by atoms with E-state index in [2.05, 4.69) is 11.9 Å². The van der Waals surface area contributed by atoms with Crippen LogP contribution in [0.25, 0.3) is 0 Å². The molecule has 1 amide bonds. The van der Waals surface area contributed by atoms with Crippen LogP contribution in [-0.2, 0) is 21.2 Å². The van der Waals surface area contributed by atoms with Crippen molar-refractivity contribution in [3.05, 3.63) is 59.1 Å². The lowest BCUT2D eigenvalue weighted by Gasteiger charge is -2.37. The molecule has 0 bridgehead atoms. The maximum Gasteiger partial charge on any atom is 0.410 e. The number of benzene rings is 2. The Hall–Kier alpha value is -2.29. The third kappa shape index (κ3) is 4.72. The molecule has 2 aromatic carbocycles. The number of anilines is 1. The first-order valence-corrected chi connectivity index (χ1v) is 12.6. The molecule has 2 aliphatic heterocycles. The van der Waals surface area contributed by atoms with Gasteiger partial charge in [-0.1, -0.05) is 29.8 Å². The zero-order valence-electron chi connectivity index (χ0n) is 18.3. The smallest absolute Gasteiger partial charge is 0.410 e. The van der Waals surface area contributed by atoms with Crippen LogP contribution in [0.2, 0.25) is 5.02 Å². The van der Waals surface area contributed by atoms with Gasteiger partial charge in [0, 0.05) is 24.5 Å². The number of hydrogen-bond acceptors (Lipinski definition) is 5. The topological polar surface area (TPSA) is 70.2 Å². The van der Waals surface area contributed by atoms with Crippen LogP contribution >= 0.6 is 11.6 Å². The summed E-state index contributed by atoms with van der Waals surface area (Å²) in [4.78, 5) is 16.9. The summed E-state index contributed by atoms with van der Waals surface area (Å²) in [6.07, 6.45) is 1.27. The van der Waals surface area contributed by atoms with Crippen LogP contribution in [-0.4, -0.2) is 70.2 Å². The number of carbonyl (C=O) groups is 1. The summed E-state index contributed by atoms with van der Waals surface area (Å²) in [6, 6.07) is 13.5. The van der Waals surface area contributed by atoms with Crippen molar-refractivity contribution in [1.29, 1.82) is 0 Å². The molecule has 0 radical (unpaired) electrons. The second kappa shape index (κ2) is 9.29. The average molecular weight is 478 g/mol. The molecule has 1 unspecified atom stereocenters. The van der Waals surface area contributed by atoms with Crippen molar-refractivity contribution < 1.29 is 17.9 Å². The SMILES string of the molecule is CN1CCC(N(C)C(=O)OC2Cc3ccccc3N(S(=O)(=O)c3ccc(Cl)cc3)C2)CC1. The molecule has 7 nitrogen and oxygen atoms in total. The van der Waals surface area contributed by atoms with Crippen LogP contribution in [0, 0.1) is 0 Å². The Kier molecular flexibility index (Phi) is 6.65. The molecule has 4 rings (SSSR count). The van der Waals surface area contributed by atoms with Gasteiger partial charge in [-0.05, 0) is 68.9 Å². The average Bonchev–Trinajstić information content (AvgIpc) is 2.79. The largest absolute Gasteiger partial charge is 0.444 e. The highest BCUT2D eigenvalue weighted by Crippen LogP contribution is 2.33. The Bertz CT molecular complexity index is 1070. The first-order chi connectivity index (χ1) is 15.3. The second-order valence-corrected chi connectivity index (χ2v) is 10.8. The lowest BCUT2D eigenvalue weighted by Crippen LogP contribution is -2.48. The number of ether oxygens (including phenoxy) is 1. The maximum atomic E-state index is 13.4. The molecule has 0 saturated carbocycles. The van der Waals surface area contributed by atoms with Gasteiger partial charge in [-0.3, -0.25) is 4.31 Å². The Labute approximate surface area is 194 Å². The first-order valence-electron chi connectivity index (χ1n) is 10.7. The van der Waals surface area contributed by atoms with E-state index in [9.17, 15) is 13.2 Å². The van der Waals surface area contributed by atoms with Gasteiger partial charge in [-0.15, -0.1) is 0 Å². The van der Waals surface area contributed by atoms with Gasteiger partial charge in [0.1, 0.15) is 6.10 Å². The molecule has 9 heteroatoms. The maximum absolute atomic E-state index is 13.4. The molecule has 0 spiro atoms. The highest BCUT2D eigenvalue weighted by molar-refractivity contribution is 7.92. The summed E-state index contributed by atoms with van der Waals surface area (Å²) in [5.41, 5.74) is 1.44. The molecule has 0 aromatic heterocycles. The zero-order chi connectivity index (χ0) is 22.9. The monoisotopic (exact) mass is 477 g/mol. The summed E-state index contributed by atoms with van der Waals surface area (Å²) in [6.45, 7) is 1.94. The van der Waals surface area contributed by atoms with E-state index in [0.717, 1.165) is 31.5 Å². The number of fused-ring (bicyclic) bond motifs is 1. The van der Waals surface area contributed by atoms with Crippen molar-refractivity contribution in [3.8, 4) is 0 Å². The highest BCUT2D eigenvalue weighted by atomic mass is 35.5. The minimum absolute atomic E-state index is 0.0644. The van der Waals surface area contributed by atoms with Gasteiger partial charge < -0.3 is 14.5 Å². The molecule has 1 atom stereocenters. The van der Waals surface area contributed by atoms with Crippen molar-refractivity contribution in [2.75, 3.05) is 38.0 Å². The number of likely N-dealkylation sites (tertiary alicyclic amines) is 1. The summed E-state index contributed by atoms with van der Waals surface area (Å²) < 4.78 is 34.0. The van der Waals surface area contributed by atoms with Crippen LogP contribution in [0.3, 0.4) is 0 Å². The predicted octanol–water partition coefficient (Wildman–Crippen LogP) is 3.62. The molecule has 2 aliphatic rings. The van der Waals surface area contributed by atoms with Crippen molar-refractivity contribution in [2.24, 2.45) is 0 Å². The summed E-state index contributed by atoms with van der Waals surface area (Å²) in [7, 11) is -0.00914. The summed E-state index contributed by atoms with van der Waals surface area (Å²) in [5.74, 6) is 0. The van der Waals surface area contributed by atoms with Crippen LogP contribution in [0.5, 0.6) is 0 Å². The summed E-state index contributed by atoms with van der Waals surface area (Å²) >= 11 is 5.94. The van der Waals surface area contributed by atoms with E-state index in [4.69, 9.17) is 16.3 Å². The van der Waals surface area contributed by atoms with Gasteiger partial charge >= 0.3 is 6.09 Å². The van der Waals surface area contributed by atoms with Crippen LogP contribution in [0.4, 0.5) is 10.5 Å². The van der Waals surface area contributed by atoms with Crippen LogP contribution in [0.1, 0.15) is 18.4 Å². The molecular weight excluding hydrogens is 450 g/mol. The van der Waals surface area contributed by atoms with Crippen molar-refractivity contribution in [2.45, 2.75) is 36.3 Å². The molecule has 2 aromatic rings. The van der Waals surface area contributed by atoms with Crippen molar-refractivity contribution >= 4 is 33.4 Å². The van der Waals surface area contributed by atoms with Gasteiger partial charge in [-0.25, -0.2) is 13.2 Å². The highest BCUT2D eigenvalue weighted by Gasteiger charge is 2.36. The van der Waals surface area contributed by atoms with Gasteiger partial charge in [0.15, 0.2) is 0 Å². The number of carbonyl (C=O) groups excluding carboxylic acids is 1. The number of nitrogens with zero attached hydrogens (tertiary/aromatic N) is 3. The molecular formula is C23H28ClN3O4S. The number of rotatable bonds is 4. The van der Waals surface area contributed by atoms with Gasteiger partial charge in [0.05, 0.1) is 17.1 Å². The molecule has 0 aliphatic carbocycles. The fourth-order valence-corrected chi connectivity index (χ4v) is 5.98. The van der Waals surface area contributed by atoms with E-state index in [-0.39, 0.29) is 17.5 Å². The number of hydrogen-bond donors (Lipinski definition) is 0. The predicted molar refractivity (Wildman–Crippen MR) is 125 cm³/mol. The normalized spacial score (nSPS) is 20.0. The Morgan fingerprint density at radius 2 is 1.75 bits per heavy atom. The molecule has 172 valence electrons. The Balaban J connectivity index is 1.54. The quantitative estimate of drug-likeness (QED) is 0.672. The first kappa shape index (κ1) is 22.9. The fraction of sp³-hybridized carbons (Fsp3) is 0.435. The minimum atomic E-state index is -3.84. The minimum Gasteiger partial charge on any atom is -0.444 e. The third-order valence-electron chi connectivity index (χ3n) is 6.27. The van der Waals surface area contributed by atoms with Crippen molar-refractivity contribution in [3.63, 3.8) is 0 Å². The van der Waals surface area contributed by atoms with E-state index in [1.54, 1.807) is 30.1 Å². The number of amides is 1. The molecule has 0 N–H and O–H groups in total.